The van der Waals surface area contributed by atoms with Gasteiger partial charge >= 0.3 is 0 Å². The maximum absolute atomic E-state index is 13.8. The third-order valence-corrected chi connectivity index (χ3v) is 6.08. The number of rotatable bonds is 7. The van der Waals surface area contributed by atoms with Gasteiger partial charge in [-0.05, 0) is 24.6 Å². The zero-order chi connectivity index (χ0) is 18.6. The van der Waals surface area contributed by atoms with E-state index in [1.54, 1.807) is 24.3 Å². The highest BCUT2D eigenvalue weighted by atomic mass is 32.2. The molecule has 0 spiro atoms. The Labute approximate surface area is 156 Å². The number of benzene rings is 2. The predicted octanol–water partition coefficient (Wildman–Crippen LogP) is 3.92. The Bertz CT molecular complexity index is 1000. The van der Waals surface area contributed by atoms with Gasteiger partial charge in [0.15, 0.2) is 0 Å². The van der Waals surface area contributed by atoms with Crippen LogP contribution in [0.4, 0.5) is 4.39 Å². The first-order valence-electron chi connectivity index (χ1n) is 8.15. The van der Waals surface area contributed by atoms with Crippen LogP contribution in [0.1, 0.15) is 16.8 Å². The molecule has 0 radical (unpaired) electrons. The van der Waals surface area contributed by atoms with Crippen molar-refractivity contribution in [2.75, 3.05) is 6.54 Å². The highest BCUT2D eigenvalue weighted by Crippen LogP contribution is 2.26. The molecule has 0 aliphatic rings. The molecule has 0 atom stereocenters. The van der Waals surface area contributed by atoms with Crippen molar-refractivity contribution in [3.8, 4) is 10.6 Å². The van der Waals surface area contributed by atoms with E-state index in [1.165, 1.54) is 17.4 Å². The molecule has 1 heterocycles. The van der Waals surface area contributed by atoms with Gasteiger partial charge in [-0.25, -0.2) is 22.5 Å². The normalized spacial score (nSPS) is 11.6. The molecule has 2 aromatic carbocycles. The first kappa shape index (κ1) is 18.7. The SMILES string of the molecule is Cc1cccc(CS(=O)(=O)NCCc2csc(-c3ccccc3F)n2)c1. The van der Waals surface area contributed by atoms with Gasteiger partial charge in [-0.15, -0.1) is 11.3 Å². The molecule has 1 N–H and O–H groups in total. The van der Waals surface area contributed by atoms with Gasteiger partial charge in [-0.3, -0.25) is 0 Å². The number of sulfonamides is 1. The minimum atomic E-state index is -3.41. The van der Waals surface area contributed by atoms with E-state index in [-0.39, 0.29) is 18.1 Å². The van der Waals surface area contributed by atoms with Gasteiger partial charge in [0.2, 0.25) is 10.0 Å². The molecule has 136 valence electrons. The largest absolute Gasteiger partial charge is 0.241 e. The summed E-state index contributed by atoms with van der Waals surface area (Å²) < 4.78 is 40.8. The third-order valence-electron chi connectivity index (χ3n) is 3.80. The lowest BCUT2D eigenvalue weighted by Crippen LogP contribution is -2.27. The number of thiazole rings is 1. The van der Waals surface area contributed by atoms with Crippen LogP contribution in [-0.4, -0.2) is 19.9 Å². The van der Waals surface area contributed by atoms with E-state index < -0.39 is 10.0 Å². The Kier molecular flexibility index (Phi) is 5.80. The van der Waals surface area contributed by atoms with E-state index in [0.29, 0.717) is 17.0 Å². The van der Waals surface area contributed by atoms with Crippen LogP contribution in [0.25, 0.3) is 10.6 Å². The van der Waals surface area contributed by atoms with E-state index in [1.807, 2.05) is 30.5 Å². The molecule has 0 saturated carbocycles. The Morgan fingerprint density at radius 1 is 1.15 bits per heavy atom. The first-order chi connectivity index (χ1) is 12.4. The van der Waals surface area contributed by atoms with Gasteiger partial charge in [0.25, 0.3) is 0 Å². The van der Waals surface area contributed by atoms with Gasteiger partial charge < -0.3 is 0 Å². The Morgan fingerprint density at radius 2 is 1.96 bits per heavy atom. The van der Waals surface area contributed by atoms with Crippen molar-refractivity contribution in [2.24, 2.45) is 0 Å². The van der Waals surface area contributed by atoms with Gasteiger partial charge in [0.1, 0.15) is 10.8 Å². The van der Waals surface area contributed by atoms with Crippen molar-refractivity contribution < 1.29 is 12.8 Å². The van der Waals surface area contributed by atoms with Crippen molar-refractivity contribution in [3.63, 3.8) is 0 Å². The van der Waals surface area contributed by atoms with Crippen LogP contribution in [0, 0.1) is 12.7 Å². The van der Waals surface area contributed by atoms with Crippen LogP contribution < -0.4 is 4.72 Å². The second kappa shape index (κ2) is 8.07. The zero-order valence-electron chi connectivity index (χ0n) is 14.3. The number of hydrogen-bond acceptors (Lipinski definition) is 4. The standard InChI is InChI=1S/C19H19FN2O2S2/c1-14-5-4-6-15(11-14)13-26(23,24)21-10-9-16-12-25-19(22-16)17-7-2-3-8-18(17)20/h2-8,11-12,21H,9-10,13H2,1H3. The van der Waals surface area contributed by atoms with Crippen molar-refractivity contribution in [2.45, 2.75) is 19.1 Å². The number of aryl methyl sites for hydroxylation is 1. The average molecular weight is 391 g/mol. The molecule has 1 aromatic heterocycles. The molecule has 0 fully saturated rings. The maximum Gasteiger partial charge on any atom is 0.215 e. The van der Waals surface area contributed by atoms with Crippen LogP contribution in [-0.2, 0) is 22.2 Å². The van der Waals surface area contributed by atoms with Gasteiger partial charge in [0.05, 0.1) is 11.4 Å². The van der Waals surface area contributed by atoms with Crippen molar-refractivity contribution in [1.29, 1.82) is 0 Å². The summed E-state index contributed by atoms with van der Waals surface area (Å²) in [6.07, 6.45) is 0.456. The smallest absolute Gasteiger partial charge is 0.215 e. The average Bonchev–Trinajstić information content (AvgIpc) is 3.03. The molecule has 3 rings (SSSR count). The highest BCUT2D eigenvalue weighted by molar-refractivity contribution is 7.88. The second-order valence-corrected chi connectivity index (χ2v) is 8.68. The molecule has 4 nitrogen and oxygen atoms in total. The van der Waals surface area contributed by atoms with Crippen LogP contribution in [0.2, 0.25) is 0 Å². The molecule has 0 bridgehead atoms. The van der Waals surface area contributed by atoms with Gasteiger partial charge in [-0.1, -0.05) is 42.0 Å². The van der Waals surface area contributed by atoms with E-state index in [0.717, 1.165) is 16.8 Å². The van der Waals surface area contributed by atoms with E-state index in [4.69, 9.17) is 0 Å². The topological polar surface area (TPSA) is 59.1 Å². The van der Waals surface area contributed by atoms with Crippen LogP contribution >= 0.6 is 11.3 Å². The maximum atomic E-state index is 13.8. The van der Waals surface area contributed by atoms with E-state index in [9.17, 15) is 12.8 Å². The summed E-state index contributed by atoms with van der Waals surface area (Å²) in [5, 5.41) is 2.43. The molecular formula is C19H19FN2O2S2. The molecule has 0 aliphatic carbocycles. The molecule has 26 heavy (non-hydrogen) atoms. The molecular weight excluding hydrogens is 371 g/mol. The van der Waals surface area contributed by atoms with Crippen LogP contribution in [0.3, 0.4) is 0 Å². The summed E-state index contributed by atoms with van der Waals surface area (Å²) in [4.78, 5) is 4.40. The Morgan fingerprint density at radius 3 is 2.73 bits per heavy atom. The summed E-state index contributed by atoms with van der Waals surface area (Å²) >= 11 is 1.35. The van der Waals surface area contributed by atoms with Gasteiger partial charge in [-0.2, -0.15) is 0 Å². The predicted molar refractivity (Wildman–Crippen MR) is 103 cm³/mol. The zero-order valence-corrected chi connectivity index (χ0v) is 15.9. The first-order valence-corrected chi connectivity index (χ1v) is 10.7. The van der Waals surface area contributed by atoms with Crippen molar-refractivity contribution in [3.05, 3.63) is 76.5 Å². The van der Waals surface area contributed by atoms with E-state index >= 15 is 0 Å². The molecule has 0 amide bonds. The quantitative estimate of drug-likeness (QED) is 0.665. The lowest BCUT2D eigenvalue weighted by atomic mass is 10.2. The fraction of sp³-hybridized carbons (Fsp3) is 0.211. The van der Waals surface area contributed by atoms with Gasteiger partial charge in [0, 0.05) is 23.9 Å². The van der Waals surface area contributed by atoms with E-state index in [2.05, 4.69) is 9.71 Å². The highest BCUT2D eigenvalue weighted by Gasteiger charge is 2.13. The fourth-order valence-corrected chi connectivity index (χ4v) is 4.60. The summed E-state index contributed by atoms with van der Waals surface area (Å²) in [5.41, 5.74) is 2.99. The molecule has 0 unspecified atom stereocenters. The molecule has 0 aliphatic heterocycles. The summed E-state index contributed by atoms with van der Waals surface area (Å²) in [7, 11) is -3.41. The Hall–Kier alpha value is -2.09. The summed E-state index contributed by atoms with van der Waals surface area (Å²) in [6.45, 7) is 2.19. The molecule has 7 heteroatoms. The molecule has 0 saturated heterocycles. The third kappa shape index (κ3) is 4.97. The lowest BCUT2D eigenvalue weighted by Gasteiger charge is -2.06. The minimum absolute atomic E-state index is 0.0494. The fourth-order valence-electron chi connectivity index (χ4n) is 2.59. The molecule has 3 aromatic rings. The Balaban J connectivity index is 1.57. The summed E-state index contributed by atoms with van der Waals surface area (Å²) in [5.74, 6) is -0.362. The summed E-state index contributed by atoms with van der Waals surface area (Å²) in [6, 6.07) is 13.9. The lowest BCUT2D eigenvalue weighted by molar-refractivity contribution is 0.580. The number of hydrogen-bond donors (Lipinski definition) is 1. The van der Waals surface area contributed by atoms with Crippen molar-refractivity contribution in [1.82, 2.24) is 9.71 Å². The number of nitrogens with one attached hydrogen (secondary N) is 1. The van der Waals surface area contributed by atoms with Crippen LogP contribution in [0.5, 0.6) is 0 Å². The number of halogens is 1. The minimum Gasteiger partial charge on any atom is -0.241 e. The monoisotopic (exact) mass is 390 g/mol. The van der Waals surface area contributed by atoms with Crippen molar-refractivity contribution >= 4 is 21.4 Å². The number of aromatic nitrogens is 1. The second-order valence-electron chi connectivity index (χ2n) is 6.02. The van der Waals surface area contributed by atoms with Crippen LogP contribution in [0.15, 0.2) is 53.9 Å². The number of nitrogens with zero attached hydrogens (tertiary/aromatic N) is 1.